The van der Waals surface area contributed by atoms with Gasteiger partial charge < -0.3 is 10.0 Å². The number of hydrogen-bond acceptors (Lipinski definition) is 5. The molecule has 2 heterocycles. The number of nitrogens with zero attached hydrogens (tertiary/aromatic N) is 5. The van der Waals surface area contributed by atoms with Gasteiger partial charge in [-0.2, -0.15) is 0 Å². The van der Waals surface area contributed by atoms with Crippen molar-refractivity contribution < 1.29 is 9.90 Å². The molecule has 132 valence electrons. The van der Waals surface area contributed by atoms with E-state index in [1.807, 2.05) is 0 Å². The lowest BCUT2D eigenvalue weighted by Crippen LogP contribution is -2.41. The second kappa shape index (κ2) is 6.93. The van der Waals surface area contributed by atoms with Crippen LogP contribution in [-0.2, 0) is 24.2 Å². The van der Waals surface area contributed by atoms with Crippen LogP contribution in [0, 0.1) is 0 Å². The summed E-state index contributed by atoms with van der Waals surface area (Å²) >= 11 is 0. The highest BCUT2D eigenvalue weighted by Crippen LogP contribution is 2.26. The summed E-state index contributed by atoms with van der Waals surface area (Å²) in [6.07, 6.45) is 4.76. The number of fused-ring (bicyclic) bond motifs is 1. The minimum absolute atomic E-state index is 0.0268. The zero-order valence-electron chi connectivity index (χ0n) is 14.2. The molecule has 0 spiro atoms. The summed E-state index contributed by atoms with van der Waals surface area (Å²) in [5, 5.41) is 18.0. The van der Waals surface area contributed by atoms with Crippen LogP contribution in [0.25, 0.3) is 0 Å². The molecule has 1 aromatic carbocycles. The summed E-state index contributed by atoms with van der Waals surface area (Å²) in [7, 11) is 0. The van der Waals surface area contributed by atoms with Crippen molar-refractivity contribution in [2.75, 3.05) is 26.2 Å². The van der Waals surface area contributed by atoms with Crippen LogP contribution in [0.2, 0.25) is 0 Å². The van der Waals surface area contributed by atoms with Crippen LogP contribution < -0.4 is 0 Å². The predicted octanol–water partition coefficient (Wildman–Crippen LogP) is -0.0494. The van der Waals surface area contributed by atoms with Gasteiger partial charge in [0, 0.05) is 38.4 Å². The van der Waals surface area contributed by atoms with E-state index in [2.05, 4.69) is 39.5 Å². The van der Waals surface area contributed by atoms with Crippen molar-refractivity contribution in [1.82, 2.24) is 24.8 Å². The molecule has 1 amide bonds. The summed E-state index contributed by atoms with van der Waals surface area (Å²) in [5.41, 5.74) is 2.82. The van der Waals surface area contributed by atoms with E-state index in [4.69, 9.17) is 0 Å². The maximum atomic E-state index is 12.5. The number of carbonyl (C=O) groups excluding carboxylic acids is 1. The number of amides is 1. The van der Waals surface area contributed by atoms with Gasteiger partial charge in [-0.15, -0.1) is 5.10 Å². The zero-order valence-corrected chi connectivity index (χ0v) is 14.2. The van der Waals surface area contributed by atoms with Gasteiger partial charge in [0.05, 0.1) is 12.3 Å². The number of benzene rings is 1. The fraction of sp³-hybridized carbons (Fsp3) is 0.500. The van der Waals surface area contributed by atoms with Gasteiger partial charge in [-0.3, -0.25) is 9.69 Å². The van der Waals surface area contributed by atoms with Crippen molar-refractivity contribution in [3.63, 3.8) is 0 Å². The smallest absolute Gasteiger partial charge is 0.244 e. The van der Waals surface area contributed by atoms with E-state index in [1.165, 1.54) is 15.8 Å². The topological polar surface area (TPSA) is 74.5 Å². The molecule has 0 unspecified atom stereocenters. The van der Waals surface area contributed by atoms with Crippen molar-refractivity contribution in [3.05, 3.63) is 47.8 Å². The van der Waals surface area contributed by atoms with Gasteiger partial charge in [-0.1, -0.05) is 29.5 Å². The Morgan fingerprint density at radius 2 is 1.92 bits per heavy atom. The van der Waals surface area contributed by atoms with Gasteiger partial charge in [0.25, 0.3) is 0 Å². The Morgan fingerprint density at radius 1 is 1.16 bits per heavy atom. The van der Waals surface area contributed by atoms with Crippen molar-refractivity contribution in [3.8, 4) is 0 Å². The number of hydrogen-bond donors (Lipinski definition) is 1. The summed E-state index contributed by atoms with van der Waals surface area (Å²) in [5.74, 6) is -0.0268. The first-order valence-corrected chi connectivity index (χ1v) is 8.80. The fourth-order valence-electron chi connectivity index (χ4n) is 3.92. The minimum Gasteiger partial charge on any atom is -0.390 e. The molecule has 1 aromatic heterocycles. The van der Waals surface area contributed by atoms with Gasteiger partial charge in [0.1, 0.15) is 6.54 Å². The Labute approximate surface area is 146 Å². The first kappa shape index (κ1) is 16.2. The van der Waals surface area contributed by atoms with Crippen LogP contribution in [0.5, 0.6) is 0 Å². The summed E-state index contributed by atoms with van der Waals surface area (Å²) in [6.45, 7) is 2.59. The monoisotopic (exact) mass is 341 g/mol. The number of carbonyl (C=O) groups is 1. The van der Waals surface area contributed by atoms with E-state index in [0.29, 0.717) is 25.7 Å². The van der Waals surface area contributed by atoms with Gasteiger partial charge in [0.15, 0.2) is 0 Å². The van der Waals surface area contributed by atoms with E-state index in [0.717, 1.165) is 19.4 Å². The molecule has 1 atom stereocenters. The van der Waals surface area contributed by atoms with Gasteiger partial charge in [-0.05, 0) is 24.0 Å². The quantitative estimate of drug-likeness (QED) is 0.847. The lowest BCUT2D eigenvalue weighted by atomic mass is 10.1. The Hall–Kier alpha value is -2.25. The van der Waals surface area contributed by atoms with Crippen molar-refractivity contribution in [1.29, 1.82) is 0 Å². The van der Waals surface area contributed by atoms with E-state index in [9.17, 15) is 9.90 Å². The Balaban J connectivity index is 1.39. The second-order valence-electron chi connectivity index (χ2n) is 6.92. The standard InChI is InChI=1S/C18H23N5O2/c24-17-11-21(16-9-14-3-1-2-4-15(14)10-16)7-8-22(12-17)18(25)13-23-6-5-19-20-23/h1-6,16-17,24H,7-13H2/t17-/m0/s1. The Morgan fingerprint density at radius 3 is 2.60 bits per heavy atom. The maximum absolute atomic E-state index is 12.5. The Kier molecular flexibility index (Phi) is 4.50. The average Bonchev–Trinajstić information content (AvgIpc) is 3.22. The molecule has 4 rings (SSSR count). The molecular weight excluding hydrogens is 318 g/mol. The first-order chi connectivity index (χ1) is 12.2. The van der Waals surface area contributed by atoms with Gasteiger partial charge in [0.2, 0.25) is 5.91 Å². The highest BCUT2D eigenvalue weighted by molar-refractivity contribution is 5.76. The number of aromatic nitrogens is 3. The number of β-amino-alcohol motifs (C(OH)–C–C–N with tert-alkyl or cyclic N) is 1. The summed E-state index contributed by atoms with van der Waals surface area (Å²) in [6, 6.07) is 8.97. The molecule has 1 saturated heterocycles. The minimum atomic E-state index is -0.522. The fourth-order valence-corrected chi connectivity index (χ4v) is 3.92. The molecule has 7 nitrogen and oxygen atoms in total. The van der Waals surface area contributed by atoms with Crippen molar-refractivity contribution >= 4 is 5.91 Å². The molecule has 25 heavy (non-hydrogen) atoms. The highest BCUT2D eigenvalue weighted by atomic mass is 16.3. The molecule has 0 radical (unpaired) electrons. The van der Waals surface area contributed by atoms with E-state index >= 15 is 0 Å². The second-order valence-corrected chi connectivity index (χ2v) is 6.92. The molecule has 1 aliphatic carbocycles. The first-order valence-electron chi connectivity index (χ1n) is 8.80. The number of aliphatic hydroxyl groups is 1. The number of rotatable bonds is 3. The van der Waals surface area contributed by atoms with Crippen molar-refractivity contribution in [2.24, 2.45) is 0 Å². The van der Waals surface area contributed by atoms with Gasteiger partial charge >= 0.3 is 0 Å². The third-order valence-electron chi connectivity index (χ3n) is 5.20. The largest absolute Gasteiger partial charge is 0.390 e. The molecule has 7 heteroatoms. The highest BCUT2D eigenvalue weighted by Gasteiger charge is 2.31. The maximum Gasteiger partial charge on any atom is 0.244 e. The van der Waals surface area contributed by atoms with E-state index in [1.54, 1.807) is 17.3 Å². The van der Waals surface area contributed by atoms with Crippen LogP contribution in [0.4, 0.5) is 0 Å². The normalized spacial score (nSPS) is 22.0. The van der Waals surface area contributed by atoms with Crippen LogP contribution in [0.3, 0.4) is 0 Å². The van der Waals surface area contributed by atoms with Gasteiger partial charge in [-0.25, -0.2) is 4.68 Å². The van der Waals surface area contributed by atoms with Crippen LogP contribution in [0.1, 0.15) is 11.1 Å². The molecule has 0 bridgehead atoms. The molecule has 1 aliphatic heterocycles. The molecular formula is C18H23N5O2. The third-order valence-corrected chi connectivity index (χ3v) is 5.20. The molecule has 2 aliphatic rings. The van der Waals surface area contributed by atoms with E-state index in [-0.39, 0.29) is 12.5 Å². The Bertz CT molecular complexity index is 708. The van der Waals surface area contributed by atoms with Crippen molar-refractivity contribution in [2.45, 2.75) is 31.5 Å². The van der Waals surface area contributed by atoms with Crippen LogP contribution in [0.15, 0.2) is 36.7 Å². The lowest BCUT2D eigenvalue weighted by Gasteiger charge is -2.28. The molecule has 1 N–H and O–H groups in total. The summed E-state index contributed by atoms with van der Waals surface area (Å²) in [4.78, 5) is 16.6. The lowest BCUT2D eigenvalue weighted by molar-refractivity contribution is -0.133. The third kappa shape index (κ3) is 3.57. The zero-order chi connectivity index (χ0) is 17.2. The molecule has 0 saturated carbocycles. The molecule has 2 aromatic rings. The van der Waals surface area contributed by atoms with Crippen LogP contribution >= 0.6 is 0 Å². The SMILES string of the molecule is O=C(Cn1ccnn1)N1CCN(C2Cc3ccccc3C2)C[C@H](O)C1. The summed E-state index contributed by atoms with van der Waals surface area (Å²) < 4.78 is 1.52. The van der Waals surface area contributed by atoms with E-state index < -0.39 is 6.10 Å². The predicted molar refractivity (Wildman–Crippen MR) is 91.8 cm³/mol. The molecule has 1 fully saturated rings. The number of aliphatic hydroxyl groups excluding tert-OH is 1. The van der Waals surface area contributed by atoms with Crippen LogP contribution in [-0.4, -0.2) is 74.1 Å². The average molecular weight is 341 g/mol.